The first-order valence-electron chi connectivity index (χ1n) is 1.58. The second-order valence-corrected chi connectivity index (χ2v) is 0.718. The van der Waals surface area contributed by atoms with Crippen LogP contribution in [-0.2, 0) is 0 Å². The lowest BCUT2D eigenvalue weighted by Crippen LogP contribution is -1.57. The molecule has 0 fully saturated rings. The van der Waals surface area contributed by atoms with E-state index in [9.17, 15) is 0 Å². The standard InChI is InChI=1S/C4H6N2/c5-3-1-2-4-6/h1-6H. The summed E-state index contributed by atoms with van der Waals surface area (Å²) in [7, 11) is 0. The molecule has 0 unspecified atom stereocenters. The Balaban J connectivity index is 3.17. The van der Waals surface area contributed by atoms with Gasteiger partial charge in [0.05, 0.1) is 0 Å². The number of rotatable bonds is 2. The van der Waals surface area contributed by atoms with E-state index in [-0.39, 0.29) is 0 Å². The van der Waals surface area contributed by atoms with E-state index in [1.54, 1.807) is 0 Å². The van der Waals surface area contributed by atoms with Gasteiger partial charge in [-0.2, -0.15) is 0 Å². The fraction of sp³-hybridized carbons (Fsp3) is 0. The van der Waals surface area contributed by atoms with Crippen LogP contribution in [0.1, 0.15) is 0 Å². The molecule has 32 valence electrons. The Bertz CT molecular complexity index is 63.6. The molecule has 0 spiro atoms. The van der Waals surface area contributed by atoms with E-state index < -0.39 is 0 Å². The maximum Gasteiger partial charge on any atom is 0.0178 e. The van der Waals surface area contributed by atoms with Crippen molar-refractivity contribution in [2.75, 3.05) is 0 Å². The highest BCUT2D eigenvalue weighted by Crippen LogP contribution is 1.54. The van der Waals surface area contributed by atoms with Crippen LogP contribution in [-0.4, -0.2) is 12.4 Å². The lowest BCUT2D eigenvalue weighted by atomic mass is 10.5. The first-order valence-corrected chi connectivity index (χ1v) is 1.58. The average molecular weight is 82.1 g/mol. The molecule has 0 aliphatic rings. The van der Waals surface area contributed by atoms with Crippen LogP contribution in [0.5, 0.6) is 0 Å². The molecule has 2 nitrogen and oxygen atoms in total. The zero-order valence-corrected chi connectivity index (χ0v) is 3.31. The summed E-state index contributed by atoms with van der Waals surface area (Å²) in [6.45, 7) is 0. The minimum Gasteiger partial charge on any atom is -0.309 e. The quantitative estimate of drug-likeness (QED) is 0.464. The number of hydrogen-bond donors (Lipinski definition) is 2. The summed E-state index contributed by atoms with van der Waals surface area (Å²) in [5, 5.41) is 12.8. The maximum atomic E-state index is 6.39. The minimum atomic E-state index is 1.13. The van der Waals surface area contributed by atoms with E-state index >= 15 is 0 Å². The monoisotopic (exact) mass is 82.1 g/mol. The molecule has 0 heterocycles. The molecule has 0 rings (SSSR count). The number of nitrogens with one attached hydrogen (secondary N) is 2. The van der Waals surface area contributed by atoms with E-state index in [1.165, 1.54) is 12.2 Å². The van der Waals surface area contributed by atoms with Crippen molar-refractivity contribution >= 4 is 12.4 Å². The van der Waals surface area contributed by atoms with Crippen molar-refractivity contribution in [3.63, 3.8) is 0 Å². The number of allylic oxidation sites excluding steroid dienone is 2. The zero-order chi connectivity index (χ0) is 4.83. The van der Waals surface area contributed by atoms with Gasteiger partial charge in [0.25, 0.3) is 0 Å². The van der Waals surface area contributed by atoms with Crippen molar-refractivity contribution in [1.29, 1.82) is 10.8 Å². The largest absolute Gasteiger partial charge is 0.309 e. The second-order valence-electron chi connectivity index (χ2n) is 0.718. The minimum absolute atomic E-state index is 1.13. The Kier molecular flexibility index (Phi) is 3.45. The summed E-state index contributed by atoms with van der Waals surface area (Å²) >= 11 is 0. The molecule has 0 saturated carbocycles. The first kappa shape index (κ1) is 5.08. The van der Waals surface area contributed by atoms with Crippen molar-refractivity contribution < 1.29 is 0 Å². The van der Waals surface area contributed by atoms with E-state index in [0.29, 0.717) is 0 Å². The zero-order valence-electron chi connectivity index (χ0n) is 3.31. The highest BCUT2D eigenvalue weighted by atomic mass is 14.3. The van der Waals surface area contributed by atoms with Crippen LogP contribution in [0.3, 0.4) is 0 Å². The molecular weight excluding hydrogens is 76.1 g/mol. The van der Waals surface area contributed by atoms with Gasteiger partial charge in [0.15, 0.2) is 0 Å². The molecule has 0 aliphatic carbocycles. The van der Waals surface area contributed by atoms with Gasteiger partial charge in [-0.05, 0) is 12.2 Å². The van der Waals surface area contributed by atoms with Crippen LogP contribution in [0.2, 0.25) is 0 Å². The van der Waals surface area contributed by atoms with Gasteiger partial charge >= 0.3 is 0 Å². The van der Waals surface area contributed by atoms with Crippen molar-refractivity contribution in [2.45, 2.75) is 0 Å². The van der Waals surface area contributed by atoms with Gasteiger partial charge in [-0.3, -0.25) is 0 Å². The van der Waals surface area contributed by atoms with Gasteiger partial charge in [0.1, 0.15) is 0 Å². The summed E-state index contributed by atoms with van der Waals surface area (Å²) in [4.78, 5) is 0. The normalized spacial score (nSPS) is 8.67. The molecule has 0 amide bonds. The van der Waals surface area contributed by atoms with Crippen molar-refractivity contribution in [1.82, 2.24) is 0 Å². The molecule has 2 heteroatoms. The first-order chi connectivity index (χ1) is 2.91. The van der Waals surface area contributed by atoms with Crippen molar-refractivity contribution in [3.05, 3.63) is 12.2 Å². The van der Waals surface area contributed by atoms with Gasteiger partial charge in [-0.15, -0.1) is 0 Å². The molecule has 0 aromatic rings. The van der Waals surface area contributed by atoms with E-state index in [2.05, 4.69) is 0 Å². The fourth-order valence-electron chi connectivity index (χ4n) is 0.111. The van der Waals surface area contributed by atoms with Crippen LogP contribution in [0.15, 0.2) is 12.2 Å². The van der Waals surface area contributed by atoms with Crippen molar-refractivity contribution in [2.24, 2.45) is 0 Å². The van der Waals surface area contributed by atoms with Crippen LogP contribution in [0, 0.1) is 10.8 Å². The Morgan fingerprint density at radius 1 is 0.833 bits per heavy atom. The molecule has 0 bridgehead atoms. The van der Waals surface area contributed by atoms with Crippen LogP contribution in [0.25, 0.3) is 0 Å². The Labute approximate surface area is 36.5 Å². The summed E-state index contributed by atoms with van der Waals surface area (Å²) in [6, 6.07) is 0. The lowest BCUT2D eigenvalue weighted by molar-refractivity contribution is 1.57. The number of hydrogen-bond acceptors (Lipinski definition) is 2. The Morgan fingerprint density at radius 2 is 1.17 bits per heavy atom. The summed E-state index contributed by atoms with van der Waals surface area (Å²) in [6.07, 6.45) is 5.22. The topological polar surface area (TPSA) is 47.7 Å². The SMILES string of the molecule is N=CC=CC=N. The highest BCUT2D eigenvalue weighted by Gasteiger charge is 1.50. The third-order valence-corrected chi connectivity index (χ3v) is 0.304. The van der Waals surface area contributed by atoms with Gasteiger partial charge in [-0.25, -0.2) is 0 Å². The third kappa shape index (κ3) is 3.08. The van der Waals surface area contributed by atoms with Crippen LogP contribution >= 0.6 is 0 Å². The summed E-state index contributed by atoms with van der Waals surface area (Å²) in [5.41, 5.74) is 0. The molecule has 0 radical (unpaired) electrons. The molecular formula is C4H6N2. The van der Waals surface area contributed by atoms with Crippen LogP contribution in [0.4, 0.5) is 0 Å². The lowest BCUT2D eigenvalue weighted by Gasteiger charge is -1.58. The van der Waals surface area contributed by atoms with Gasteiger partial charge < -0.3 is 10.8 Å². The molecule has 2 N–H and O–H groups in total. The molecule has 0 aliphatic heterocycles. The van der Waals surface area contributed by atoms with Crippen molar-refractivity contribution in [3.8, 4) is 0 Å². The molecule has 0 saturated heterocycles. The molecule has 0 aromatic heterocycles. The van der Waals surface area contributed by atoms with E-state index in [1.807, 2.05) is 0 Å². The highest BCUT2D eigenvalue weighted by molar-refractivity contribution is 5.78. The molecule has 6 heavy (non-hydrogen) atoms. The predicted molar refractivity (Wildman–Crippen MR) is 26.7 cm³/mol. The fourth-order valence-corrected chi connectivity index (χ4v) is 0.111. The maximum absolute atomic E-state index is 6.39. The van der Waals surface area contributed by atoms with Gasteiger partial charge in [0.2, 0.25) is 0 Å². The van der Waals surface area contributed by atoms with Crippen LogP contribution < -0.4 is 0 Å². The van der Waals surface area contributed by atoms with E-state index in [0.717, 1.165) is 12.4 Å². The summed E-state index contributed by atoms with van der Waals surface area (Å²) in [5.74, 6) is 0. The molecule has 0 aromatic carbocycles. The average Bonchev–Trinajstić information content (AvgIpc) is 1.61. The Morgan fingerprint density at radius 3 is 1.33 bits per heavy atom. The summed E-state index contributed by atoms with van der Waals surface area (Å²) < 4.78 is 0. The van der Waals surface area contributed by atoms with E-state index in [4.69, 9.17) is 10.8 Å². The Hall–Kier alpha value is -0.920. The smallest absolute Gasteiger partial charge is 0.0178 e. The predicted octanol–water partition coefficient (Wildman–Crippen LogP) is 0.842. The van der Waals surface area contributed by atoms with Gasteiger partial charge in [0, 0.05) is 12.4 Å². The van der Waals surface area contributed by atoms with Gasteiger partial charge in [-0.1, -0.05) is 0 Å². The third-order valence-electron chi connectivity index (χ3n) is 0.304. The molecule has 0 atom stereocenters. The second kappa shape index (κ2) is 4.08.